The predicted molar refractivity (Wildman–Crippen MR) is 405 cm³/mol. The fraction of sp³-hybridized carbons (Fsp3) is 0.729. The van der Waals surface area contributed by atoms with E-state index in [2.05, 4.69) is 135 Å². The van der Waals surface area contributed by atoms with Crippen molar-refractivity contribution >= 4 is 17.9 Å². The van der Waals surface area contributed by atoms with Gasteiger partial charge in [-0.3, -0.25) is 9.59 Å². The molecule has 0 aromatic carbocycles. The summed E-state index contributed by atoms with van der Waals surface area (Å²) in [7, 11) is 5.98. The Kier molecular flexibility index (Phi) is 71.1. The minimum absolute atomic E-state index is 0.184. The van der Waals surface area contributed by atoms with Gasteiger partial charge in [0.05, 0.1) is 34.4 Å². The Morgan fingerprint density at radius 1 is 0.330 bits per heavy atom. The van der Waals surface area contributed by atoms with Crippen LogP contribution < -0.4 is 0 Å². The molecule has 0 radical (unpaired) electrons. The van der Waals surface area contributed by atoms with Crippen molar-refractivity contribution in [1.82, 2.24) is 0 Å². The van der Waals surface area contributed by atoms with Crippen LogP contribution in [0.25, 0.3) is 0 Å². The molecule has 94 heavy (non-hydrogen) atoms. The van der Waals surface area contributed by atoms with E-state index >= 15 is 0 Å². The number of rotatable bonds is 72. The van der Waals surface area contributed by atoms with Gasteiger partial charge in [0.15, 0.2) is 6.10 Å². The van der Waals surface area contributed by atoms with Crippen molar-refractivity contribution in [3.8, 4) is 0 Å². The van der Waals surface area contributed by atoms with Crippen molar-refractivity contribution in [2.75, 3.05) is 47.5 Å². The van der Waals surface area contributed by atoms with Crippen LogP contribution in [0.5, 0.6) is 0 Å². The van der Waals surface area contributed by atoms with Gasteiger partial charge in [0.1, 0.15) is 13.2 Å². The summed E-state index contributed by atoms with van der Waals surface area (Å²) >= 11 is 0. The van der Waals surface area contributed by atoms with E-state index in [-0.39, 0.29) is 32.2 Å². The SMILES string of the molecule is CC/C=C\C/C=C\C/C=C\C/C=C\C/C=C\C/C=C\C/C=C\C/C=C\C/C=C\C/C=C\CCCCCCCCCCCCC(=O)OC(COC(=O)CCCCCCCCCCCCCCCCCCCCCCCCCCCCCC)COC(OCC[N+](C)(C)C)C(=O)O. The van der Waals surface area contributed by atoms with Gasteiger partial charge >= 0.3 is 17.9 Å². The number of hydrogen-bond acceptors (Lipinski definition) is 7. The van der Waals surface area contributed by atoms with Gasteiger partial charge in [-0.05, 0) is 89.9 Å². The number of hydrogen-bond donors (Lipinski definition) is 1. The molecule has 0 fully saturated rings. The molecule has 0 spiro atoms. The van der Waals surface area contributed by atoms with Crippen molar-refractivity contribution in [3.05, 3.63) is 122 Å². The molecule has 0 aliphatic heterocycles. The summed E-state index contributed by atoms with van der Waals surface area (Å²) in [5.74, 6) is -2.00. The first-order valence-electron chi connectivity index (χ1n) is 39.2. The zero-order valence-corrected chi connectivity index (χ0v) is 61.8. The van der Waals surface area contributed by atoms with Gasteiger partial charge in [0.25, 0.3) is 6.29 Å². The Hall–Kier alpha value is -4.31. The molecule has 0 heterocycles. The van der Waals surface area contributed by atoms with Crippen LogP contribution in [0.1, 0.15) is 341 Å². The van der Waals surface area contributed by atoms with E-state index < -0.39 is 24.3 Å². The number of ether oxygens (including phenoxy) is 4. The number of esters is 2. The number of aliphatic carboxylic acids is 1. The number of carbonyl (C=O) groups is 3. The minimum atomic E-state index is -1.52. The maximum Gasteiger partial charge on any atom is 0.361 e. The highest BCUT2D eigenvalue weighted by Crippen LogP contribution is 2.19. The van der Waals surface area contributed by atoms with E-state index in [1.807, 2.05) is 21.1 Å². The molecule has 0 aliphatic carbocycles. The number of quaternary nitrogens is 1. The fourth-order valence-electron chi connectivity index (χ4n) is 11.0. The Bertz CT molecular complexity index is 1960. The smallest absolute Gasteiger partial charge is 0.361 e. The number of carbonyl (C=O) groups excluding carboxylic acids is 2. The van der Waals surface area contributed by atoms with Gasteiger partial charge in [-0.1, -0.05) is 360 Å². The number of nitrogens with zero attached hydrogens (tertiary/aromatic N) is 1. The number of unbranched alkanes of at least 4 members (excludes halogenated alkanes) is 37. The van der Waals surface area contributed by atoms with E-state index in [1.54, 1.807) is 0 Å². The van der Waals surface area contributed by atoms with Crippen LogP contribution in [-0.2, 0) is 33.3 Å². The lowest BCUT2D eigenvalue weighted by Gasteiger charge is -2.25. The second kappa shape index (κ2) is 74.5. The van der Waals surface area contributed by atoms with Gasteiger partial charge in [-0.2, -0.15) is 0 Å². The summed E-state index contributed by atoms with van der Waals surface area (Å²) in [5.41, 5.74) is 0. The number of allylic oxidation sites excluding steroid dienone is 20. The van der Waals surface area contributed by atoms with Gasteiger partial charge in [-0.15, -0.1) is 0 Å². The Morgan fingerprint density at radius 3 is 0.904 bits per heavy atom. The quantitative estimate of drug-likeness (QED) is 0.0211. The van der Waals surface area contributed by atoms with Crippen LogP contribution >= 0.6 is 0 Å². The van der Waals surface area contributed by atoms with Crippen LogP contribution in [0.2, 0.25) is 0 Å². The van der Waals surface area contributed by atoms with Crippen molar-refractivity contribution in [1.29, 1.82) is 0 Å². The molecule has 0 saturated carbocycles. The third-order valence-electron chi connectivity index (χ3n) is 17.0. The topological polar surface area (TPSA) is 108 Å². The van der Waals surface area contributed by atoms with Crippen LogP contribution in [-0.4, -0.2) is 87.4 Å². The molecule has 9 heteroatoms. The first kappa shape index (κ1) is 89.7. The molecule has 9 nitrogen and oxygen atoms in total. The van der Waals surface area contributed by atoms with Crippen molar-refractivity contribution in [2.45, 2.75) is 354 Å². The average Bonchev–Trinajstić information content (AvgIpc) is 3.42. The van der Waals surface area contributed by atoms with Crippen LogP contribution in [0.4, 0.5) is 0 Å². The summed E-state index contributed by atoms with van der Waals surface area (Å²) in [4.78, 5) is 37.7. The normalized spacial score (nSPS) is 13.3. The number of likely N-dealkylation sites (N-methyl/N-ethyl adjacent to an activating group) is 1. The van der Waals surface area contributed by atoms with Crippen molar-refractivity contribution in [2.24, 2.45) is 0 Å². The minimum Gasteiger partial charge on any atom is -0.477 e. The summed E-state index contributed by atoms with van der Waals surface area (Å²) in [6.07, 6.45) is 103. The molecule has 0 aliphatic rings. The van der Waals surface area contributed by atoms with Gasteiger partial charge < -0.3 is 28.5 Å². The molecule has 0 aromatic rings. The van der Waals surface area contributed by atoms with Gasteiger partial charge in [0, 0.05) is 12.8 Å². The second-order valence-electron chi connectivity index (χ2n) is 27.3. The largest absolute Gasteiger partial charge is 0.477 e. The molecular weight excluding hydrogens is 1160 g/mol. The van der Waals surface area contributed by atoms with Gasteiger partial charge in [-0.25, -0.2) is 4.79 Å². The zero-order chi connectivity index (χ0) is 68.2. The standard InChI is InChI=1S/C85H147NO8/c1-6-8-10-12-14-16-18-20-22-24-26-28-30-32-34-36-37-38-39-40-41-42-43-44-45-46-47-48-50-52-54-56-58-60-62-64-66-68-70-72-74-76-83(88)94-81(80-93-85(84(89)90)91-78-77-86(3,4)5)79-92-82(87)75-73-71-69-67-65-63-61-59-57-55-53-51-49-35-33-31-29-27-25-23-21-19-17-15-13-11-9-7-2/h8,10,14,16,20,22,26,28,32,34,37-38,40-41,43-44,46-47,50,52,81,85H,6-7,9,11-13,15,17-19,21,23-25,27,29-31,33,35-36,39,42,45,48-49,51,53-80H2,1-5H3/p+1/b10-8-,16-14-,22-20-,28-26-,34-32-,38-37-,41-40-,44-43-,47-46-,52-50-. The molecule has 0 rings (SSSR count). The average molecular weight is 1310 g/mol. The first-order valence-corrected chi connectivity index (χ1v) is 39.2. The molecule has 540 valence electrons. The Balaban J connectivity index is 4.09. The van der Waals surface area contributed by atoms with Crippen molar-refractivity contribution < 1.29 is 42.9 Å². The molecular formula is C85H148NO8+. The fourth-order valence-corrected chi connectivity index (χ4v) is 11.0. The Morgan fingerprint density at radius 2 is 0.606 bits per heavy atom. The van der Waals surface area contributed by atoms with Crippen LogP contribution in [0.3, 0.4) is 0 Å². The van der Waals surface area contributed by atoms with E-state index in [4.69, 9.17) is 18.9 Å². The summed E-state index contributed by atoms with van der Waals surface area (Å²) < 4.78 is 23.0. The lowest BCUT2D eigenvalue weighted by Crippen LogP contribution is -2.40. The molecule has 2 atom stereocenters. The zero-order valence-electron chi connectivity index (χ0n) is 61.8. The monoisotopic (exact) mass is 1310 g/mol. The molecule has 1 N–H and O–H groups in total. The van der Waals surface area contributed by atoms with Crippen LogP contribution in [0.15, 0.2) is 122 Å². The lowest BCUT2D eigenvalue weighted by molar-refractivity contribution is -0.870. The second-order valence-corrected chi connectivity index (χ2v) is 27.3. The lowest BCUT2D eigenvalue weighted by atomic mass is 10.0. The first-order chi connectivity index (χ1) is 46.1. The molecule has 0 amide bonds. The summed E-state index contributed by atoms with van der Waals surface area (Å²) in [6.45, 7) is 4.80. The molecule has 0 saturated heterocycles. The highest BCUT2D eigenvalue weighted by Gasteiger charge is 2.25. The maximum absolute atomic E-state index is 13.0. The maximum atomic E-state index is 13.0. The molecule has 0 bridgehead atoms. The van der Waals surface area contributed by atoms with E-state index in [9.17, 15) is 19.5 Å². The number of carboxylic acid groups (broad SMARTS) is 1. The third-order valence-corrected chi connectivity index (χ3v) is 17.0. The summed E-state index contributed by atoms with van der Waals surface area (Å²) in [6, 6.07) is 0. The highest BCUT2D eigenvalue weighted by molar-refractivity contribution is 5.71. The predicted octanol–water partition coefficient (Wildman–Crippen LogP) is 25.1. The third kappa shape index (κ3) is 75.1. The van der Waals surface area contributed by atoms with Crippen molar-refractivity contribution in [3.63, 3.8) is 0 Å². The van der Waals surface area contributed by atoms with E-state index in [1.165, 1.54) is 199 Å². The molecule has 0 aromatic heterocycles. The van der Waals surface area contributed by atoms with Crippen LogP contribution in [0, 0.1) is 0 Å². The number of carboxylic acids is 1. The highest BCUT2D eigenvalue weighted by atomic mass is 16.7. The van der Waals surface area contributed by atoms with E-state index in [0.29, 0.717) is 23.9 Å². The van der Waals surface area contributed by atoms with Gasteiger partial charge in [0.2, 0.25) is 0 Å². The summed E-state index contributed by atoms with van der Waals surface area (Å²) in [5, 5.41) is 9.77. The Labute approximate surface area is 580 Å². The van der Waals surface area contributed by atoms with E-state index in [0.717, 1.165) is 109 Å². The molecule has 2 unspecified atom stereocenters.